The summed E-state index contributed by atoms with van der Waals surface area (Å²) in [7, 11) is 0. The summed E-state index contributed by atoms with van der Waals surface area (Å²) in [6.07, 6.45) is 0. The second kappa shape index (κ2) is 15.6. The fraction of sp³-hybridized carbons (Fsp3) is 0. The van der Waals surface area contributed by atoms with Crippen molar-refractivity contribution in [3.8, 4) is 44.5 Å². The van der Waals surface area contributed by atoms with Crippen LogP contribution < -0.4 is 0 Å². The molecule has 0 saturated heterocycles. The third-order valence-corrected chi connectivity index (χ3v) is 18.6. The molecule has 0 aliphatic carbocycles. The van der Waals surface area contributed by atoms with Gasteiger partial charge in [-0.15, -0.1) is 0 Å². The van der Waals surface area contributed by atoms with Crippen LogP contribution >= 0.6 is 0 Å². The Morgan fingerprint density at radius 1 is 0.213 bits per heavy atom. The van der Waals surface area contributed by atoms with Crippen LogP contribution in [-0.2, 0) is 0 Å². The van der Waals surface area contributed by atoms with Crippen molar-refractivity contribution in [1.82, 2.24) is 0 Å². The van der Waals surface area contributed by atoms with E-state index in [0.29, 0.717) is 0 Å². The summed E-state index contributed by atoms with van der Waals surface area (Å²) in [5, 5.41) is 21.9. The van der Waals surface area contributed by atoms with E-state index in [9.17, 15) is 0 Å². The molecule has 0 radical (unpaired) electrons. The van der Waals surface area contributed by atoms with Gasteiger partial charge in [0.25, 0.3) is 0 Å². The summed E-state index contributed by atoms with van der Waals surface area (Å²) in [6.45, 7) is 0. The molecule has 346 valence electrons. The molecule has 0 saturated carbocycles. The van der Waals surface area contributed by atoms with E-state index in [1.165, 1.54) is 118 Å². The Morgan fingerprint density at radius 2 is 0.547 bits per heavy atom. The van der Waals surface area contributed by atoms with Crippen molar-refractivity contribution in [2.24, 2.45) is 0 Å². The van der Waals surface area contributed by atoms with Gasteiger partial charge in [0.05, 0.1) is 0 Å². The minimum absolute atomic E-state index is 0.148. The van der Waals surface area contributed by atoms with Gasteiger partial charge in [-0.2, -0.15) is 0 Å². The Hall–Kier alpha value is -9.24. The predicted molar refractivity (Wildman–Crippen MR) is 320 cm³/mol. The number of benzene rings is 14. The first-order valence-corrected chi connectivity index (χ1v) is 27.4. The van der Waals surface area contributed by atoms with E-state index in [0.717, 1.165) is 54.6 Å². The van der Waals surface area contributed by atoms with E-state index < -0.39 is 0 Å². The molecule has 3 heteroatoms. The van der Waals surface area contributed by atoms with Gasteiger partial charge in [0.15, 0.2) is 0 Å². The summed E-state index contributed by atoms with van der Waals surface area (Å²) >= 11 is 0.148. The Labute approximate surface area is 435 Å². The zero-order valence-electron chi connectivity index (χ0n) is 40.3. The average Bonchev–Trinajstić information content (AvgIpc) is 4.17. The number of furan rings is 2. The summed E-state index contributed by atoms with van der Waals surface area (Å²) in [4.78, 5) is 0. The third kappa shape index (κ3) is 5.97. The molecule has 0 N–H and O–H groups in total. The van der Waals surface area contributed by atoms with Gasteiger partial charge in [-0.25, -0.2) is 0 Å². The Morgan fingerprint density at radius 3 is 0.973 bits per heavy atom. The monoisotopic (exact) mass is 1020 g/mol. The molecule has 0 spiro atoms. The predicted octanol–water partition coefficient (Wildman–Crippen LogP) is 20.4. The van der Waals surface area contributed by atoms with Crippen molar-refractivity contribution in [2.75, 3.05) is 0 Å². The van der Waals surface area contributed by atoms with Gasteiger partial charge in [-0.3, -0.25) is 0 Å². The van der Waals surface area contributed by atoms with Crippen LogP contribution in [0.1, 0.15) is 0 Å². The molecule has 14 aromatic carbocycles. The van der Waals surface area contributed by atoms with Gasteiger partial charge in [-0.1, -0.05) is 60.7 Å². The molecule has 0 atom stereocenters. The topological polar surface area (TPSA) is 26.3 Å². The molecule has 17 rings (SSSR count). The molecule has 0 unspecified atom stereocenters. The van der Waals surface area contributed by atoms with Crippen LogP contribution in [0, 0.1) is 0 Å². The van der Waals surface area contributed by atoms with Crippen molar-refractivity contribution in [3.63, 3.8) is 0 Å². The maximum atomic E-state index is 6.58. The summed E-state index contributed by atoms with van der Waals surface area (Å²) in [6, 6.07) is 89.9. The molecule has 0 bridgehead atoms. The molecule has 0 aliphatic rings. The van der Waals surface area contributed by atoms with Crippen molar-refractivity contribution < 1.29 is 8.83 Å². The van der Waals surface area contributed by atoms with Crippen LogP contribution in [0.15, 0.2) is 251 Å². The van der Waals surface area contributed by atoms with Crippen LogP contribution in [0.4, 0.5) is 0 Å². The van der Waals surface area contributed by atoms with E-state index in [-0.39, 0.29) is 14.5 Å². The van der Waals surface area contributed by atoms with E-state index >= 15 is 0 Å². The van der Waals surface area contributed by atoms with Crippen LogP contribution in [-0.4, -0.2) is 14.5 Å². The fourth-order valence-electron chi connectivity index (χ4n) is 12.9. The van der Waals surface area contributed by atoms with Crippen LogP contribution in [0.5, 0.6) is 0 Å². The maximum absolute atomic E-state index is 6.58. The van der Waals surface area contributed by atoms with Crippen molar-refractivity contribution >= 4 is 142 Å². The summed E-state index contributed by atoms with van der Waals surface area (Å²) in [5.41, 5.74) is 13.6. The van der Waals surface area contributed by atoms with Gasteiger partial charge >= 0.3 is 340 Å². The van der Waals surface area contributed by atoms with Gasteiger partial charge in [-0.05, 0) is 16.8 Å². The molecule has 3 aromatic heterocycles. The van der Waals surface area contributed by atoms with Crippen molar-refractivity contribution in [3.05, 3.63) is 243 Å². The van der Waals surface area contributed by atoms with Gasteiger partial charge in [0.2, 0.25) is 0 Å². The first-order valence-electron chi connectivity index (χ1n) is 25.7. The molecular weight excluding hydrogens is 976 g/mol. The van der Waals surface area contributed by atoms with Crippen LogP contribution in [0.25, 0.3) is 172 Å². The zero-order chi connectivity index (χ0) is 48.9. The minimum atomic E-state index is 0.148. The molecule has 17 aromatic rings. The number of fused-ring (bicyclic) bond motifs is 17. The van der Waals surface area contributed by atoms with Crippen LogP contribution in [0.3, 0.4) is 0 Å². The van der Waals surface area contributed by atoms with Gasteiger partial charge < -0.3 is 4.42 Å². The van der Waals surface area contributed by atoms with E-state index in [4.69, 9.17) is 8.83 Å². The second-order valence-corrected chi connectivity index (χ2v) is 22.4. The number of rotatable bonds is 4. The Bertz CT molecular complexity index is 5200. The van der Waals surface area contributed by atoms with E-state index in [1.807, 2.05) is 0 Å². The average molecular weight is 1020 g/mol. The number of hydrogen-bond acceptors (Lipinski definition) is 2. The second-order valence-electron chi connectivity index (χ2n) is 20.2. The third-order valence-electron chi connectivity index (χ3n) is 16.2. The Kier molecular flexibility index (Phi) is 8.60. The molecule has 2 nitrogen and oxygen atoms in total. The van der Waals surface area contributed by atoms with Crippen LogP contribution in [0.2, 0.25) is 0 Å². The molecule has 75 heavy (non-hydrogen) atoms. The number of hydrogen-bond donors (Lipinski definition) is 0. The molecule has 3 heterocycles. The van der Waals surface area contributed by atoms with Gasteiger partial charge in [0.1, 0.15) is 5.58 Å². The Balaban J connectivity index is 0.812. The summed E-state index contributed by atoms with van der Waals surface area (Å²) in [5.74, 6) is 0. The first-order chi connectivity index (χ1) is 37.2. The SMILES string of the molecule is c1ccc2c(c1)ccc1c3cc(-c4c5ccccc5c(-c5ccc6c(c5)[se]c5ccc(-c7c8ccccc8c(-c8ccc9oc%10c%11ccccc%11ccc%10c9c8)c8ccccc78)cc56)c5ccccc45)ccc3oc21. The normalized spacial score (nSPS) is 12.3. The fourth-order valence-corrected chi connectivity index (χ4v) is 15.3. The van der Waals surface area contributed by atoms with Gasteiger partial charge in [0, 0.05) is 10.8 Å². The molecule has 0 amide bonds. The molecular formula is C72H40O2Se. The van der Waals surface area contributed by atoms with Crippen molar-refractivity contribution in [1.29, 1.82) is 0 Å². The first kappa shape index (κ1) is 41.3. The van der Waals surface area contributed by atoms with E-state index in [1.54, 1.807) is 0 Å². The molecule has 0 fully saturated rings. The van der Waals surface area contributed by atoms with E-state index in [2.05, 4.69) is 243 Å². The summed E-state index contributed by atoms with van der Waals surface area (Å²) < 4.78 is 16.0. The van der Waals surface area contributed by atoms with Crippen molar-refractivity contribution in [2.45, 2.75) is 0 Å². The molecule has 0 aliphatic heterocycles. The standard InChI is InChI=1S/C72H40O2Se/c1-3-15-47-41(13-1)25-32-58-60-37-43(28-34-63(60)73-71(47)58)67-50-17-5-7-19-52(50)69(53-20-8-6-18-51(53)67)45-30-36-65-62(39-45)49-31-27-46(40-66(49)75-65)70-56-23-11-9-21-54(56)68(55-22-10-12-24-57(55)70)44-29-35-64-61(38-44)59-33-26-42-14-2-4-16-48(42)72(59)74-64/h1-40H. The quantitative estimate of drug-likeness (QED) is 0.130. The zero-order valence-corrected chi connectivity index (χ0v) is 42.0.